The molecule has 2 amide bonds. The largest absolute Gasteiger partial charge is 0.437 e. The summed E-state index contributed by atoms with van der Waals surface area (Å²) in [6, 6.07) is 9.29. The number of likely N-dealkylation sites (tertiary alicyclic amines) is 1. The summed E-state index contributed by atoms with van der Waals surface area (Å²) in [5.41, 5.74) is 0.631. The molecular formula is C22H23N5O3. The first kappa shape index (κ1) is 19.8. The SMILES string of the molecule is CC(=O)Nc1cccc(Oc2nccnc2C2CCN(C(=O)C3(C#N)CC3)CC2)c1. The highest BCUT2D eigenvalue weighted by Crippen LogP contribution is 2.47. The van der Waals surface area contributed by atoms with E-state index in [1.54, 1.807) is 41.6 Å². The van der Waals surface area contributed by atoms with E-state index in [1.807, 2.05) is 0 Å². The van der Waals surface area contributed by atoms with Gasteiger partial charge in [-0.15, -0.1) is 0 Å². The van der Waals surface area contributed by atoms with Crippen molar-refractivity contribution in [1.29, 1.82) is 5.26 Å². The van der Waals surface area contributed by atoms with E-state index in [1.165, 1.54) is 6.92 Å². The van der Waals surface area contributed by atoms with Crippen LogP contribution in [0.2, 0.25) is 0 Å². The van der Waals surface area contributed by atoms with Crippen molar-refractivity contribution in [1.82, 2.24) is 14.9 Å². The number of carbonyl (C=O) groups excluding carboxylic acids is 2. The summed E-state index contributed by atoms with van der Waals surface area (Å²) in [4.78, 5) is 34.5. The summed E-state index contributed by atoms with van der Waals surface area (Å²) in [6.45, 7) is 2.65. The first-order valence-electron chi connectivity index (χ1n) is 10.1. The third-order valence-corrected chi connectivity index (χ3v) is 5.60. The van der Waals surface area contributed by atoms with Crippen molar-refractivity contribution < 1.29 is 14.3 Å². The molecule has 8 nitrogen and oxygen atoms in total. The lowest BCUT2D eigenvalue weighted by atomic mass is 9.92. The molecule has 4 rings (SSSR count). The molecule has 0 atom stereocenters. The van der Waals surface area contributed by atoms with Gasteiger partial charge in [-0.25, -0.2) is 4.98 Å². The number of carbonyl (C=O) groups is 2. The number of ether oxygens (including phenoxy) is 1. The molecule has 1 aromatic heterocycles. The van der Waals surface area contributed by atoms with Crippen molar-refractivity contribution in [2.24, 2.45) is 5.41 Å². The van der Waals surface area contributed by atoms with Gasteiger partial charge in [-0.05, 0) is 37.8 Å². The van der Waals surface area contributed by atoms with Crippen molar-refractivity contribution in [3.63, 3.8) is 0 Å². The fraction of sp³-hybridized carbons (Fsp3) is 0.409. The fourth-order valence-electron chi connectivity index (χ4n) is 3.80. The summed E-state index contributed by atoms with van der Waals surface area (Å²) in [7, 11) is 0. The standard InChI is InChI=1S/C22H23N5O3/c1-15(28)26-17-3-2-4-18(13-17)30-20-19(24-9-10-25-20)16-5-11-27(12-6-16)21(29)22(14-23)7-8-22/h2-4,9-10,13,16H,5-8,11-12H2,1H3,(H,26,28). The minimum Gasteiger partial charge on any atom is -0.437 e. The molecule has 2 fully saturated rings. The van der Waals surface area contributed by atoms with Crippen LogP contribution in [0.1, 0.15) is 44.2 Å². The van der Waals surface area contributed by atoms with Gasteiger partial charge in [0, 0.05) is 50.1 Å². The highest BCUT2D eigenvalue weighted by Gasteiger charge is 2.52. The first-order valence-corrected chi connectivity index (χ1v) is 10.1. The third kappa shape index (κ3) is 4.10. The molecule has 1 aliphatic heterocycles. The fourth-order valence-corrected chi connectivity index (χ4v) is 3.80. The van der Waals surface area contributed by atoms with E-state index in [0.717, 1.165) is 18.5 Å². The van der Waals surface area contributed by atoms with E-state index < -0.39 is 5.41 Å². The maximum absolute atomic E-state index is 12.6. The predicted octanol–water partition coefficient (Wildman–Crippen LogP) is 3.24. The molecule has 2 aromatic rings. The van der Waals surface area contributed by atoms with Gasteiger partial charge in [0.25, 0.3) is 0 Å². The van der Waals surface area contributed by atoms with Crippen LogP contribution >= 0.6 is 0 Å². The van der Waals surface area contributed by atoms with Crippen molar-refractivity contribution in [3.05, 3.63) is 42.4 Å². The number of nitrogens with one attached hydrogen (secondary N) is 1. The number of nitriles is 1. The molecular weight excluding hydrogens is 382 g/mol. The van der Waals surface area contributed by atoms with Gasteiger partial charge in [-0.1, -0.05) is 6.07 Å². The van der Waals surface area contributed by atoms with Crippen molar-refractivity contribution in [2.75, 3.05) is 18.4 Å². The summed E-state index contributed by atoms with van der Waals surface area (Å²) in [6.07, 6.45) is 6.05. The molecule has 30 heavy (non-hydrogen) atoms. The number of anilines is 1. The van der Waals surface area contributed by atoms with Crippen LogP contribution in [0.15, 0.2) is 36.7 Å². The van der Waals surface area contributed by atoms with E-state index in [0.29, 0.717) is 43.2 Å². The van der Waals surface area contributed by atoms with Crippen LogP contribution in [0.5, 0.6) is 11.6 Å². The second-order valence-electron chi connectivity index (χ2n) is 7.82. The van der Waals surface area contributed by atoms with E-state index in [-0.39, 0.29) is 17.7 Å². The Hall–Kier alpha value is -3.47. The summed E-state index contributed by atoms with van der Waals surface area (Å²) in [5, 5.41) is 12.0. The number of nitrogens with zero attached hydrogens (tertiary/aromatic N) is 4. The number of rotatable bonds is 5. The molecule has 154 valence electrons. The molecule has 1 N–H and O–H groups in total. The van der Waals surface area contributed by atoms with Crippen molar-refractivity contribution in [3.8, 4) is 17.7 Å². The van der Waals surface area contributed by atoms with Gasteiger partial charge < -0.3 is 15.0 Å². The van der Waals surface area contributed by atoms with Crippen molar-refractivity contribution >= 4 is 17.5 Å². The van der Waals surface area contributed by atoms with E-state index in [9.17, 15) is 14.9 Å². The quantitative estimate of drug-likeness (QED) is 0.818. The van der Waals surface area contributed by atoms with E-state index >= 15 is 0 Å². The van der Waals surface area contributed by atoms with Gasteiger partial charge in [0.15, 0.2) is 0 Å². The second kappa shape index (κ2) is 8.11. The molecule has 0 unspecified atom stereocenters. The second-order valence-corrected chi connectivity index (χ2v) is 7.82. The van der Waals surface area contributed by atoms with Crippen LogP contribution in [0.4, 0.5) is 5.69 Å². The lowest BCUT2D eigenvalue weighted by Gasteiger charge is -2.33. The zero-order chi connectivity index (χ0) is 21.1. The number of amides is 2. The van der Waals surface area contributed by atoms with Gasteiger partial charge in [0.2, 0.25) is 17.7 Å². The van der Waals surface area contributed by atoms with Crippen LogP contribution in [0.3, 0.4) is 0 Å². The van der Waals surface area contributed by atoms with Crippen LogP contribution in [0.25, 0.3) is 0 Å². The van der Waals surface area contributed by atoms with E-state index in [2.05, 4.69) is 21.4 Å². The van der Waals surface area contributed by atoms with Gasteiger partial charge >= 0.3 is 0 Å². The maximum atomic E-state index is 12.6. The van der Waals surface area contributed by atoms with Crippen LogP contribution in [0, 0.1) is 16.7 Å². The molecule has 0 bridgehead atoms. The lowest BCUT2D eigenvalue weighted by Crippen LogP contribution is -2.42. The number of benzene rings is 1. The van der Waals surface area contributed by atoms with Crippen molar-refractivity contribution in [2.45, 2.75) is 38.5 Å². The Morgan fingerprint density at radius 2 is 1.97 bits per heavy atom. The third-order valence-electron chi connectivity index (χ3n) is 5.60. The van der Waals surface area contributed by atoms with Gasteiger partial charge in [-0.3, -0.25) is 14.6 Å². The minimum absolute atomic E-state index is 0.0335. The molecule has 1 aliphatic carbocycles. The van der Waals surface area contributed by atoms with E-state index in [4.69, 9.17) is 4.74 Å². The normalized spacial score (nSPS) is 17.7. The monoisotopic (exact) mass is 405 g/mol. The molecule has 1 saturated carbocycles. The van der Waals surface area contributed by atoms with Gasteiger partial charge in [0.1, 0.15) is 16.9 Å². The summed E-state index contributed by atoms with van der Waals surface area (Å²) >= 11 is 0. The number of hydrogen-bond acceptors (Lipinski definition) is 6. The highest BCUT2D eigenvalue weighted by molar-refractivity contribution is 5.89. The van der Waals surface area contributed by atoms with Gasteiger partial charge in [-0.2, -0.15) is 5.26 Å². The zero-order valence-electron chi connectivity index (χ0n) is 16.8. The highest BCUT2D eigenvalue weighted by atomic mass is 16.5. The minimum atomic E-state index is -0.771. The summed E-state index contributed by atoms with van der Waals surface area (Å²) < 4.78 is 5.99. The number of piperidine rings is 1. The number of aromatic nitrogens is 2. The Balaban J connectivity index is 1.45. The molecule has 8 heteroatoms. The first-order chi connectivity index (χ1) is 14.5. The lowest BCUT2D eigenvalue weighted by molar-refractivity contribution is -0.136. The smallest absolute Gasteiger partial charge is 0.243 e. The van der Waals surface area contributed by atoms with Gasteiger partial charge in [0.05, 0.1) is 6.07 Å². The predicted molar refractivity (Wildman–Crippen MR) is 109 cm³/mol. The molecule has 1 aromatic carbocycles. The summed E-state index contributed by atoms with van der Waals surface area (Å²) in [5.74, 6) is 0.915. The Morgan fingerprint density at radius 1 is 1.23 bits per heavy atom. The maximum Gasteiger partial charge on any atom is 0.243 e. The molecule has 0 spiro atoms. The molecule has 0 radical (unpaired) electrons. The Bertz CT molecular complexity index is 1000. The Kier molecular flexibility index (Phi) is 5.36. The number of hydrogen-bond donors (Lipinski definition) is 1. The average Bonchev–Trinajstić information content (AvgIpc) is 3.55. The molecule has 2 heterocycles. The zero-order valence-corrected chi connectivity index (χ0v) is 16.8. The van der Waals surface area contributed by atoms with Crippen LogP contribution < -0.4 is 10.1 Å². The molecule has 2 aliphatic rings. The average molecular weight is 405 g/mol. The van der Waals surface area contributed by atoms with Crippen LogP contribution in [-0.4, -0.2) is 39.8 Å². The van der Waals surface area contributed by atoms with Crippen LogP contribution in [-0.2, 0) is 9.59 Å². The Labute approximate surface area is 174 Å². The molecule has 1 saturated heterocycles. The topological polar surface area (TPSA) is 108 Å². The Morgan fingerprint density at radius 3 is 2.63 bits per heavy atom.